The van der Waals surface area contributed by atoms with E-state index in [1.165, 1.54) is 4.31 Å². The molecule has 0 unspecified atom stereocenters. The lowest BCUT2D eigenvalue weighted by Crippen LogP contribution is -2.27. The monoisotopic (exact) mass is 394 g/mol. The van der Waals surface area contributed by atoms with E-state index in [2.05, 4.69) is 4.72 Å². The summed E-state index contributed by atoms with van der Waals surface area (Å²) < 4.78 is 52.9. The van der Waals surface area contributed by atoms with Crippen molar-refractivity contribution in [3.8, 4) is 0 Å². The van der Waals surface area contributed by atoms with Crippen molar-refractivity contribution in [2.75, 3.05) is 21.8 Å². The van der Waals surface area contributed by atoms with Crippen LogP contribution < -0.4 is 9.03 Å². The van der Waals surface area contributed by atoms with Gasteiger partial charge in [0.25, 0.3) is 10.0 Å². The van der Waals surface area contributed by atoms with Crippen molar-refractivity contribution in [1.82, 2.24) is 0 Å². The molecular formula is C18H22N2O4S2. The molecule has 0 radical (unpaired) electrons. The Bertz CT molecular complexity index is 1030. The molecule has 0 aliphatic carbocycles. The zero-order valence-corrected chi connectivity index (χ0v) is 16.6. The predicted molar refractivity (Wildman–Crippen MR) is 104 cm³/mol. The average molecular weight is 395 g/mol. The Kier molecular flexibility index (Phi) is 4.74. The van der Waals surface area contributed by atoms with Crippen molar-refractivity contribution in [1.29, 1.82) is 0 Å². The summed E-state index contributed by atoms with van der Waals surface area (Å²) in [5.41, 5.74) is 2.82. The highest BCUT2D eigenvalue weighted by Gasteiger charge is 2.27. The number of hydrogen-bond acceptors (Lipinski definition) is 4. The lowest BCUT2D eigenvalue weighted by atomic mass is 10.0. The first-order valence-corrected chi connectivity index (χ1v) is 11.6. The van der Waals surface area contributed by atoms with Crippen molar-refractivity contribution >= 4 is 31.4 Å². The molecule has 6 nitrogen and oxygen atoms in total. The van der Waals surface area contributed by atoms with Crippen LogP contribution in [0, 0.1) is 0 Å². The van der Waals surface area contributed by atoms with Gasteiger partial charge in [-0.25, -0.2) is 16.8 Å². The van der Waals surface area contributed by atoms with Crippen LogP contribution in [0.1, 0.15) is 30.9 Å². The quantitative estimate of drug-likeness (QED) is 0.845. The molecule has 0 atom stereocenters. The van der Waals surface area contributed by atoms with Crippen LogP contribution in [0.25, 0.3) is 0 Å². The first-order valence-electron chi connectivity index (χ1n) is 8.31. The highest BCUT2D eigenvalue weighted by Crippen LogP contribution is 2.33. The van der Waals surface area contributed by atoms with Gasteiger partial charge < -0.3 is 0 Å². The molecule has 140 valence electrons. The second-order valence-electron chi connectivity index (χ2n) is 6.76. The molecule has 0 saturated heterocycles. The van der Waals surface area contributed by atoms with Crippen LogP contribution in [-0.2, 0) is 26.5 Å². The standard InChI is InChI=1S/C18H22N2O4S2/c1-13(2)14-5-8-17(9-6-14)26(23,24)19-16-7-4-15-10-11-20(18(15)12-16)25(3,21)22/h4-9,12-13,19H,10-11H2,1-3H3. The zero-order valence-electron chi connectivity index (χ0n) is 14.9. The van der Waals surface area contributed by atoms with E-state index in [1.54, 1.807) is 42.5 Å². The maximum atomic E-state index is 12.6. The summed E-state index contributed by atoms with van der Waals surface area (Å²) in [6.07, 6.45) is 1.77. The second kappa shape index (κ2) is 6.59. The van der Waals surface area contributed by atoms with E-state index in [0.717, 1.165) is 17.4 Å². The summed E-state index contributed by atoms with van der Waals surface area (Å²) in [4.78, 5) is 0.169. The Morgan fingerprint density at radius 2 is 1.65 bits per heavy atom. The zero-order chi connectivity index (χ0) is 19.1. The Morgan fingerprint density at radius 1 is 1.00 bits per heavy atom. The minimum atomic E-state index is -3.74. The summed E-state index contributed by atoms with van der Waals surface area (Å²) >= 11 is 0. The molecule has 0 amide bonds. The molecule has 2 aromatic rings. The molecule has 0 saturated carbocycles. The van der Waals surface area contributed by atoms with E-state index in [1.807, 2.05) is 13.8 Å². The molecule has 3 rings (SSSR count). The second-order valence-corrected chi connectivity index (χ2v) is 10.3. The van der Waals surface area contributed by atoms with E-state index in [-0.39, 0.29) is 4.90 Å². The van der Waals surface area contributed by atoms with E-state index in [4.69, 9.17) is 0 Å². The molecule has 1 heterocycles. The van der Waals surface area contributed by atoms with Gasteiger partial charge in [-0.05, 0) is 47.7 Å². The van der Waals surface area contributed by atoms with Crippen molar-refractivity contribution in [3.63, 3.8) is 0 Å². The van der Waals surface area contributed by atoms with Crippen molar-refractivity contribution in [3.05, 3.63) is 53.6 Å². The molecule has 8 heteroatoms. The lowest BCUT2D eigenvalue weighted by molar-refractivity contribution is 0.597. The van der Waals surface area contributed by atoms with Gasteiger partial charge in [0, 0.05) is 6.54 Å². The van der Waals surface area contributed by atoms with Gasteiger partial charge in [-0.1, -0.05) is 32.0 Å². The number of rotatable bonds is 5. The number of nitrogens with one attached hydrogen (secondary N) is 1. The topological polar surface area (TPSA) is 83.6 Å². The number of sulfonamides is 2. The molecule has 0 bridgehead atoms. The van der Waals surface area contributed by atoms with Gasteiger partial charge in [-0.3, -0.25) is 9.03 Å². The fourth-order valence-corrected chi connectivity index (χ4v) is 5.00. The summed E-state index contributed by atoms with van der Waals surface area (Å²) in [6.45, 7) is 4.46. The fraction of sp³-hybridized carbons (Fsp3) is 0.333. The third-order valence-corrected chi connectivity index (χ3v) is 7.02. The van der Waals surface area contributed by atoms with Crippen LogP contribution >= 0.6 is 0 Å². The molecule has 0 aromatic heterocycles. The van der Waals surface area contributed by atoms with Gasteiger partial charge >= 0.3 is 0 Å². The van der Waals surface area contributed by atoms with Crippen LogP contribution in [0.4, 0.5) is 11.4 Å². The summed E-state index contributed by atoms with van der Waals surface area (Å²) in [6, 6.07) is 11.7. The summed E-state index contributed by atoms with van der Waals surface area (Å²) in [5, 5.41) is 0. The third-order valence-electron chi connectivity index (χ3n) is 4.45. The molecule has 0 fully saturated rings. The normalized spacial score (nSPS) is 14.5. The number of anilines is 2. The maximum Gasteiger partial charge on any atom is 0.261 e. The van der Waals surface area contributed by atoms with Gasteiger partial charge in [-0.15, -0.1) is 0 Å². The first kappa shape index (κ1) is 18.7. The molecule has 2 aromatic carbocycles. The van der Waals surface area contributed by atoms with Crippen LogP contribution in [0.3, 0.4) is 0 Å². The molecular weight excluding hydrogens is 372 g/mol. The minimum Gasteiger partial charge on any atom is -0.280 e. The van der Waals surface area contributed by atoms with Gasteiger partial charge in [0.05, 0.1) is 22.5 Å². The smallest absolute Gasteiger partial charge is 0.261 e. The Morgan fingerprint density at radius 3 is 2.23 bits per heavy atom. The molecule has 1 aliphatic heterocycles. The predicted octanol–water partition coefficient (Wildman–Crippen LogP) is 2.93. The number of benzene rings is 2. The molecule has 26 heavy (non-hydrogen) atoms. The van der Waals surface area contributed by atoms with E-state index in [9.17, 15) is 16.8 Å². The van der Waals surface area contributed by atoms with Crippen molar-refractivity contribution < 1.29 is 16.8 Å². The first-order chi connectivity index (χ1) is 12.1. The van der Waals surface area contributed by atoms with Crippen LogP contribution in [-0.4, -0.2) is 29.6 Å². The Hall–Kier alpha value is -2.06. The highest BCUT2D eigenvalue weighted by molar-refractivity contribution is 7.92. The number of fused-ring (bicyclic) bond motifs is 1. The minimum absolute atomic E-state index is 0.169. The third kappa shape index (κ3) is 3.71. The Balaban J connectivity index is 1.89. The van der Waals surface area contributed by atoms with E-state index >= 15 is 0 Å². The van der Waals surface area contributed by atoms with Gasteiger partial charge in [0.1, 0.15) is 0 Å². The lowest BCUT2D eigenvalue weighted by Gasteiger charge is -2.17. The summed E-state index contributed by atoms with van der Waals surface area (Å²) in [7, 11) is -7.13. The van der Waals surface area contributed by atoms with E-state index in [0.29, 0.717) is 30.3 Å². The van der Waals surface area contributed by atoms with Crippen LogP contribution in [0.5, 0.6) is 0 Å². The highest BCUT2D eigenvalue weighted by atomic mass is 32.2. The Labute approximate surface area is 155 Å². The SMILES string of the molecule is CC(C)c1ccc(S(=O)(=O)Nc2ccc3c(c2)N(S(C)(=O)=O)CC3)cc1. The van der Waals surface area contributed by atoms with Gasteiger partial charge in [-0.2, -0.15) is 0 Å². The number of hydrogen-bond donors (Lipinski definition) is 1. The van der Waals surface area contributed by atoms with Crippen molar-refractivity contribution in [2.45, 2.75) is 31.1 Å². The molecule has 0 spiro atoms. The summed E-state index contributed by atoms with van der Waals surface area (Å²) in [5.74, 6) is 0.318. The average Bonchev–Trinajstić information content (AvgIpc) is 2.98. The van der Waals surface area contributed by atoms with E-state index < -0.39 is 20.0 Å². The number of nitrogens with zero attached hydrogens (tertiary/aromatic N) is 1. The molecule has 1 aliphatic rings. The van der Waals surface area contributed by atoms with Crippen molar-refractivity contribution in [2.24, 2.45) is 0 Å². The maximum absolute atomic E-state index is 12.6. The van der Waals surface area contributed by atoms with Crippen LogP contribution in [0.2, 0.25) is 0 Å². The fourth-order valence-electron chi connectivity index (χ4n) is 3.00. The van der Waals surface area contributed by atoms with Gasteiger partial charge in [0.15, 0.2) is 0 Å². The van der Waals surface area contributed by atoms with Gasteiger partial charge in [0.2, 0.25) is 10.0 Å². The van der Waals surface area contributed by atoms with Crippen LogP contribution in [0.15, 0.2) is 47.4 Å². The largest absolute Gasteiger partial charge is 0.280 e. The molecule has 1 N–H and O–H groups in total.